The van der Waals surface area contributed by atoms with E-state index in [0.29, 0.717) is 20.7 Å². The lowest BCUT2D eigenvalue weighted by molar-refractivity contribution is 0.103. The van der Waals surface area contributed by atoms with Gasteiger partial charge in [0, 0.05) is 21.5 Å². The maximum absolute atomic E-state index is 12.8. The van der Waals surface area contributed by atoms with Crippen LogP contribution in [0.3, 0.4) is 0 Å². The number of carbonyl (C=O) groups is 1. The van der Waals surface area contributed by atoms with Crippen LogP contribution in [0, 0.1) is 6.92 Å². The first-order valence-electron chi connectivity index (χ1n) is 8.68. The SMILES string of the molecule is COc1ccc(-c2csc(NC(=O)c3sc(-c4cccc(Cl)c4)nc3C)n2)cc1. The summed E-state index contributed by atoms with van der Waals surface area (Å²) >= 11 is 8.78. The second kappa shape index (κ2) is 8.32. The molecule has 0 unspecified atom stereocenters. The van der Waals surface area contributed by atoms with E-state index in [-0.39, 0.29) is 5.91 Å². The summed E-state index contributed by atoms with van der Waals surface area (Å²) < 4.78 is 5.18. The van der Waals surface area contributed by atoms with Gasteiger partial charge in [-0.25, -0.2) is 9.97 Å². The molecule has 1 N–H and O–H groups in total. The fourth-order valence-corrected chi connectivity index (χ4v) is 4.59. The van der Waals surface area contributed by atoms with Gasteiger partial charge in [-0.1, -0.05) is 23.7 Å². The van der Waals surface area contributed by atoms with E-state index in [2.05, 4.69) is 15.3 Å². The second-order valence-corrected chi connectivity index (χ2v) is 8.46. The van der Waals surface area contributed by atoms with Crippen molar-refractivity contribution < 1.29 is 9.53 Å². The molecule has 2 aromatic carbocycles. The Morgan fingerprint density at radius 2 is 1.90 bits per heavy atom. The Bertz CT molecular complexity index is 1170. The molecule has 0 saturated carbocycles. The zero-order chi connectivity index (χ0) is 20.4. The van der Waals surface area contributed by atoms with Crippen LogP contribution in [0.15, 0.2) is 53.9 Å². The molecule has 0 spiro atoms. The van der Waals surface area contributed by atoms with Gasteiger partial charge in [0.05, 0.1) is 18.5 Å². The normalized spacial score (nSPS) is 10.7. The zero-order valence-electron chi connectivity index (χ0n) is 15.6. The highest BCUT2D eigenvalue weighted by Crippen LogP contribution is 2.31. The number of nitrogens with one attached hydrogen (secondary N) is 1. The number of hydrogen-bond donors (Lipinski definition) is 1. The second-order valence-electron chi connectivity index (χ2n) is 6.16. The predicted octanol–water partition coefficient (Wildman–Crippen LogP) is 6.16. The summed E-state index contributed by atoms with van der Waals surface area (Å²) in [5, 5.41) is 6.72. The van der Waals surface area contributed by atoms with Crippen molar-refractivity contribution in [3.8, 4) is 27.6 Å². The molecule has 0 saturated heterocycles. The van der Waals surface area contributed by atoms with Crippen molar-refractivity contribution in [2.24, 2.45) is 0 Å². The van der Waals surface area contributed by atoms with Gasteiger partial charge in [-0.2, -0.15) is 0 Å². The number of methoxy groups -OCH3 is 1. The van der Waals surface area contributed by atoms with E-state index in [9.17, 15) is 4.79 Å². The molecule has 8 heteroatoms. The average molecular weight is 442 g/mol. The number of anilines is 1. The summed E-state index contributed by atoms with van der Waals surface area (Å²) in [6.07, 6.45) is 0. The molecule has 29 heavy (non-hydrogen) atoms. The minimum atomic E-state index is -0.219. The first kappa shape index (κ1) is 19.6. The number of aryl methyl sites for hydroxylation is 1. The van der Waals surface area contributed by atoms with Gasteiger partial charge in [0.25, 0.3) is 5.91 Å². The van der Waals surface area contributed by atoms with Crippen molar-refractivity contribution in [2.45, 2.75) is 6.92 Å². The van der Waals surface area contributed by atoms with Gasteiger partial charge >= 0.3 is 0 Å². The molecule has 0 atom stereocenters. The van der Waals surface area contributed by atoms with Crippen molar-refractivity contribution in [3.05, 3.63) is 69.5 Å². The van der Waals surface area contributed by atoms with Gasteiger partial charge in [-0.3, -0.25) is 10.1 Å². The average Bonchev–Trinajstić information content (AvgIpc) is 3.35. The van der Waals surface area contributed by atoms with Crippen LogP contribution in [0.25, 0.3) is 21.8 Å². The lowest BCUT2D eigenvalue weighted by Crippen LogP contribution is -2.11. The monoisotopic (exact) mass is 441 g/mol. The molecule has 2 aromatic heterocycles. The maximum atomic E-state index is 12.8. The molecule has 146 valence electrons. The largest absolute Gasteiger partial charge is 0.497 e. The molecule has 0 radical (unpaired) electrons. The maximum Gasteiger partial charge on any atom is 0.269 e. The van der Waals surface area contributed by atoms with Crippen LogP contribution >= 0.6 is 34.3 Å². The summed E-state index contributed by atoms with van der Waals surface area (Å²) in [5.41, 5.74) is 3.32. The quantitative estimate of drug-likeness (QED) is 0.403. The minimum Gasteiger partial charge on any atom is -0.497 e. The summed E-state index contributed by atoms with van der Waals surface area (Å²) in [5.74, 6) is 0.567. The molecule has 2 heterocycles. The van der Waals surface area contributed by atoms with Crippen molar-refractivity contribution in [1.82, 2.24) is 9.97 Å². The third-order valence-corrected chi connectivity index (χ3v) is 6.38. The highest BCUT2D eigenvalue weighted by atomic mass is 35.5. The van der Waals surface area contributed by atoms with Crippen LogP contribution in [-0.2, 0) is 0 Å². The Kier molecular flexibility index (Phi) is 5.62. The Morgan fingerprint density at radius 3 is 2.62 bits per heavy atom. The van der Waals surface area contributed by atoms with Crippen LogP contribution < -0.4 is 10.1 Å². The van der Waals surface area contributed by atoms with E-state index in [1.54, 1.807) is 7.11 Å². The highest BCUT2D eigenvalue weighted by Gasteiger charge is 2.18. The smallest absolute Gasteiger partial charge is 0.269 e. The Hall–Kier alpha value is -2.74. The lowest BCUT2D eigenvalue weighted by Gasteiger charge is -2.01. The number of carbonyl (C=O) groups excluding carboxylic acids is 1. The van der Waals surface area contributed by atoms with E-state index in [4.69, 9.17) is 16.3 Å². The fraction of sp³-hybridized carbons (Fsp3) is 0.0952. The molecule has 0 aliphatic carbocycles. The van der Waals surface area contributed by atoms with Crippen LogP contribution in [-0.4, -0.2) is 23.0 Å². The molecule has 4 rings (SSSR count). The van der Waals surface area contributed by atoms with Crippen molar-refractivity contribution in [1.29, 1.82) is 0 Å². The van der Waals surface area contributed by atoms with Gasteiger partial charge in [-0.15, -0.1) is 22.7 Å². The van der Waals surface area contributed by atoms with Crippen molar-refractivity contribution >= 4 is 45.3 Å². The van der Waals surface area contributed by atoms with Crippen LogP contribution in [0.4, 0.5) is 5.13 Å². The molecule has 0 aliphatic heterocycles. The van der Waals surface area contributed by atoms with E-state index in [1.165, 1.54) is 22.7 Å². The lowest BCUT2D eigenvalue weighted by atomic mass is 10.2. The van der Waals surface area contributed by atoms with Crippen molar-refractivity contribution in [3.63, 3.8) is 0 Å². The molecule has 0 bridgehead atoms. The number of aromatic nitrogens is 2. The molecule has 4 aromatic rings. The molecular formula is C21H16ClN3O2S2. The van der Waals surface area contributed by atoms with E-state index >= 15 is 0 Å². The first-order valence-corrected chi connectivity index (χ1v) is 10.8. The number of rotatable bonds is 5. The number of amides is 1. The summed E-state index contributed by atoms with van der Waals surface area (Å²) in [7, 11) is 1.63. The molecule has 1 amide bonds. The number of nitrogens with zero attached hydrogens (tertiary/aromatic N) is 2. The van der Waals surface area contributed by atoms with Gasteiger partial charge in [-0.05, 0) is 43.3 Å². The standard InChI is InChI=1S/C21H16ClN3O2S2/c1-12-18(29-20(23-12)14-4-3-5-15(22)10-14)19(26)25-21-24-17(11-28-21)13-6-8-16(27-2)9-7-13/h3-11H,1-2H3,(H,24,25,26). The Balaban J connectivity index is 1.52. The van der Waals surface area contributed by atoms with Crippen molar-refractivity contribution in [2.75, 3.05) is 12.4 Å². The zero-order valence-corrected chi connectivity index (χ0v) is 18.0. The van der Waals surface area contributed by atoms with Crippen LogP contribution in [0.5, 0.6) is 5.75 Å². The Morgan fingerprint density at radius 1 is 1.10 bits per heavy atom. The summed E-state index contributed by atoms with van der Waals surface area (Å²) in [4.78, 5) is 22.4. The Labute approximate surface area is 181 Å². The minimum absolute atomic E-state index is 0.219. The predicted molar refractivity (Wildman–Crippen MR) is 119 cm³/mol. The first-order chi connectivity index (χ1) is 14.0. The molecule has 5 nitrogen and oxygen atoms in total. The van der Waals surface area contributed by atoms with E-state index in [1.807, 2.05) is 60.8 Å². The van der Waals surface area contributed by atoms with E-state index < -0.39 is 0 Å². The number of thiazole rings is 2. The van der Waals surface area contributed by atoms with Gasteiger partial charge in [0.2, 0.25) is 0 Å². The summed E-state index contributed by atoms with van der Waals surface area (Å²) in [6.45, 7) is 1.82. The molecule has 0 aliphatic rings. The summed E-state index contributed by atoms with van der Waals surface area (Å²) in [6, 6.07) is 15.1. The van der Waals surface area contributed by atoms with Crippen LogP contribution in [0.1, 0.15) is 15.4 Å². The topological polar surface area (TPSA) is 64.1 Å². The fourth-order valence-electron chi connectivity index (χ4n) is 2.73. The third-order valence-electron chi connectivity index (χ3n) is 4.18. The van der Waals surface area contributed by atoms with Crippen LogP contribution in [0.2, 0.25) is 5.02 Å². The van der Waals surface area contributed by atoms with Gasteiger partial charge < -0.3 is 4.74 Å². The highest BCUT2D eigenvalue weighted by molar-refractivity contribution is 7.17. The number of halogens is 1. The number of hydrogen-bond acceptors (Lipinski definition) is 6. The number of benzene rings is 2. The van der Waals surface area contributed by atoms with Gasteiger partial charge in [0.1, 0.15) is 15.6 Å². The number of ether oxygens (including phenoxy) is 1. The molecule has 0 fully saturated rings. The van der Waals surface area contributed by atoms with Gasteiger partial charge in [0.15, 0.2) is 5.13 Å². The molecular weight excluding hydrogens is 426 g/mol. The third kappa shape index (κ3) is 4.32. The van der Waals surface area contributed by atoms with E-state index in [0.717, 1.165) is 27.6 Å².